The second-order valence-corrected chi connectivity index (χ2v) is 5.65. The lowest BCUT2D eigenvalue weighted by Crippen LogP contribution is -2.42. The Morgan fingerprint density at radius 2 is 1.84 bits per heavy atom. The molecule has 1 rings (SSSR count). The van der Waals surface area contributed by atoms with Crippen molar-refractivity contribution in [2.75, 3.05) is 20.3 Å². The average molecular weight is 267 g/mol. The number of aliphatic hydroxyl groups excluding tert-OH is 1. The normalized spacial score (nSPS) is 13.3. The predicted octanol–water partition coefficient (Wildman–Crippen LogP) is 1.96. The quantitative estimate of drug-likeness (QED) is 0.793. The van der Waals surface area contributed by atoms with Gasteiger partial charge in [0.15, 0.2) is 0 Å². The summed E-state index contributed by atoms with van der Waals surface area (Å²) in [6, 6.07) is 7.71. The van der Waals surface area contributed by atoms with E-state index in [4.69, 9.17) is 9.47 Å². The molecule has 4 nitrogen and oxygen atoms in total. The maximum absolute atomic E-state index is 9.77. The third-order valence-corrected chi connectivity index (χ3v) is 2.61. The highest BCUT2D eigenvalue weighted by atomic mass is 16.5. The van der Waals surface area contributed by atoms with Crippen LogP contribution < -0.4 is 10.1 Å². The Morgan fingerprint density at radius 3 is 2.37 bits per heavy atom. The van der Waals surface area contributed by atoms with Crippen molar-refractivity contribution in [3.63, 3.8) is 0 Å². The first-order valence-corrected chi connectivity index (χ1v) is 6.54. The molecule has 0 amide bonds. The lowest BCUT2D eigenvalue weighted by molar-refractivity contribution is 0.0261. The zero-order valence-electron chi connectivity index (χ0n) is 12.3. The molecule has 1 atom stereocenters. The van der Waals surface area contributed by atoms with Crippen LogP contribution in [-0.2, 0) is 11.3 Å². The van der Waals surface area contributed by atoms with Gasteiger partial charge in [0, 0.05) is 12.1 Å². The van der Waals surface area contributed by atoms with Gasteiger partial charge in [-0.1, -0.05) is 12.1 Å². The van der Waals surface area contributed by atoms with E-state index in [1.807, 2.05) is 24.3 Å². The number of benzene rings is 1. The van der Waals surface area contributed by atoms with Gasteiger partial charge in [0.05, 0.1) is 26.4 Å². The standard InChI is InChI=1S/C15H25NO3/c1-15(2,3)16-9-13(17)11-19-10-12-5-7-14(18-4)8-6-12/h5-8,13,16-17H,9-11H2,1-4H3. The van der Waals surface area contributed by atoms with Crippen LogP contribution in [0.4, 0.5) is 0 Å². The molecule has 2 N–H and O–H groups in total. The van der Waals surface area contributed by atoms with E-state index >= 15 is 0 Å². The zero-order valence-corrected chi connectivity index (χ0v) is 12.3. The third kappa shape index (κ3) is 7.15. The van der Waals surface area contributed by atoms with E-state index in [-0.39, 0.29) is 5.54 Å². The number of ether oxygens (including phenoxy) is 2. The topological polar surface area (TPSA) is 50.7 Å². The number of hydrogen-bond acceptors (Lipinski definition) is 4. The van der Waals surface area contributed by atoms with Gasteiger partial charge in [0.25, 0.3) is 0 Å². The molecule has 0 bridgehead atoms. The highest BCUT2D eigenvalue weighted by molar-refractivity contribution is 5.26. The van der Waals surface area contributed by atoms with Gasteiger partial charge in [-0.3, -0.25) is 0 Å². The van der Waals surface area contributed by atoms with E-state index in [2.05, 4.69) is 26.1 Å². The van der Waals surface area contributed by atoms with Crippen LogP contribution in [0.15, 0.2) is 24.3 Å². The number of rotatable bonds is 7. The Labute approximate surface area is 115 Å². The van der Waals surface area contributed by atoms with Crippen molar-refractivity contribution in [1.29, 1.82) is 0 Å². The number of hydrogen-bond donors (Lipinski definition) is 2. The third-order valence-electron chi connectivity index (χ3n) is 2.61. The first-order valence-electron chi connectivity index (χ1n) is 6.54. The molecule has 0 radical (unpaired) electrons. The molecule has 4 heteroatoms. The minimum atomic E-state index is -0.488. The molecule has 0 aliphatic carbocycles. The maximum Gasteiger partial charge on any atom is 0.118 e. The van der Waals surface area contributed by atoms with Crippen molar-refractivity contribution < 1.29 is 14.6 Å². The zero-order chi connectivity index (χ0) is 14.3. The van der Waals surface area contributed by atoms with Crippen molar-refractivity contribution in [2.24, 2.45) is 0 Å². The van der Waals surface area contributed by atoms with Crippen LogP contribution >= 0.6 is 0 Å². The largest absolute Gasteiger partial charge is 0.497 e. The highest BCUT2D eigenvalue weighted by Crippen LogP contribution is 2.11. The van der Waals surface area contributed by atoms with Gasteiger partial charge in [-0.05, 0) is 38.5 Å². The fraction of sp³-hybridized carbons (Fsp3) is 0.600. The van der Waals surface area contributed by atoms with Gasteiger partial charge in [0.2, 0.25) is 0 Å². The summed E-state index contributed by atoms with van der Waals surface area (Å²) in [6.07, 6.45) is -0.488. The first-order chi connectivity index (χ1) is 8.90. The van der Waals surface area contributed by atoms with Crippen LogP contribution in [0.25, 0.3) is 0 Å². The summed E-state index contributed by atoms with van der Waals surface area (Å²) in [5, 5.41) is 13.0. The van der Waals surface area contributed by atoms with Crippen molar-refractivity contribution in [3.8, 4) is 5.75 Å². The first kappa shape index (κ1) is 16.0. The molecule has 1 aromatic rings. The van der Waals surface area contributed by atoms with Gasteiger partial charge < -0.3 is 19.9 Å². The molecule has 1 unspecified atom stereocenters. The molecule has 0 heterocycles. The van der Waals surface area contributed by atoms with Crippen LogP contribution in [0.2, 0.25) is 0 Å². The Morgan fingerprint density at radius 1 is 1.21 bits per heavy atom. The molecular weight excluding hydrogens is 242 g/mol. The molecule has 1 aromatic carbocycles. The summed E-state index contributed by atoms with van der Waals surface area (Å²) in [4.78, 5) is 0. The number of β-amino-alcohol motifs (C(OH)–C–C–N with tert-alkyl or cyclic N) is 1. The van der Waals surface area contributed by atoms with E-state index in [1.54, 1.807) is 7.11 Å². The van der Waals surface area contributed by atoms with Gasteiger partial charge in [0.1, 0.15) is 5.75 Å². The highest BCUT2D eigenvalue weighted by Gasteiger charge is 2.12. The molecule has 0 aliphatic rings. The second kappa shape index (κ2) is 7.48. The lowest BCUT2D eigenvalue weighted by Gasteiger charge is -2.22. The summed E-state index contributed by atoms with van der Waals surface area (Å²) in [5.41, 5.74) is 1.08. The van der Waals surface area contributed by atoms with Crippen molar-refractivity contribution in [1.82, 2.24) is 5.32 Å². The lowest BCUT2D eigenvalue weighted by atomic mass is 10.1. The molecule has 0 aliphatic heterocycles. The number of nitrogens with one attached hydrogen (secondary N) is 1. The van der Waals surface area contributed by atoms with Crippen LogP contribution in [0.3, 0.4) is 0 Å². The summed E-state index contributed by atoms with van der Waals surface area (Å²) in [6.45, 7) is 7.56. The van der Waals surface area contributed by atoms with Crippen LogP contribution in [0, 0.1) is 0 Å². The monoisotopic (exact) mass is 267 g/mol. The van der Waals surface area contributed by atoms with Gasteiger partial charge in [-0.15, -0.1) is 0 Å². The molecule has 0 saturated heterocycles. The SMILES string of the molecule is COc1ccc(COCC(O)CNC(C)(C)C)cc1. The van der Waals surface area contributed by atoms with Crippen molar-refractivity contribution in [3.05, 3.63) is 29.8 Å². The molecule has 0 spiro atoms. The number of methoxy groups -OCH3 is 1. The van der Waals surface area contributed by atoms with Gasteiger partial charge in [-0.2, -0.15) is 0 Å². The Hall–Kier alpha value is -1.10. The summed E-state index contributed by atoms with van der Waals surface area (Å²) in [5.74, 6) is 0.832. The van der Waals surface area contributed by atoms with Gasteiger partial charge >= 0.3 is 0 Å². The fourth-order valence-corrected chi connectivity index (χ4v) is 1.52. The van der Waals surface area contributed by atoms with Crippen LogP contribution in [0.5, 0.6) is 5.75 Å². The minimum absolute atomic E-state index is 0.0109. The smallest absolute Gasteiger partial charge is 0.118 e. The van der Waals surface area contributed by atoms with E-state index in [0.29, 0.717) is 19.8 Å². The van der Waals surface area contributed by atoms with Crippen LogP contribution in [0.1, 0.15) is 26.3 Å². The van der Waals surface area contributed by atoms with Gasteiger partial charge in [-0.25, -0.2) is 0 Å². The molecule has 0 aromatic heterocycles. The van der Waals surface area contributed by atoms with E-state index < -0.39 is 6.10 Å². The minimum Gasteiger partial charge on any atom is -0.497 e. The Balaban J connectivity index is 2.22. The van der Waals surface area contributed by atoms with E-state index in [0.717, 1.165) is 11.3 Å². The molecule has 19 heavy (non-hydrogen) atoms. The van der Waals surface area contributed by atoms with Crippen LogP contribution in [-0.4, -0.2) is 37.0 Å². The summed E-state index contributed by atoms with van der Waals surface area (Å²) in [7, 11) is 1.64. The fourth-order valence-electron chi connectivity index (χ4n) is 1.52. The second-order valence-electron chi connectivity index (χ2n) is 5.65. The molecule has 0 fully saturated rings. The van der Waals surface area contributed by atoms with E-state index in [1.165, 1.54) is 0 Å². The Kier molecular flexibility index (Phi) is 6.28. The average Bonchev–Trinajstić information content (AvgIpc) is 2.36. The summed E-state index contributed by atoms with van der Waals surface area (Å²) >= 11 is 0. The van der Waals surface area contributed by atoms with E-state index in [9.17, 15) is 5.11 Å². The Bertz CT molecular complexity index is 357. The predicted molar refractivity (Wildman–Crippen MR) is 76.4 cm³/mol. The summed E-state index contributed by atoms with van der Waals surface area (Å²) < 4.78 is 10.6. The van der Waals surface area contributed by atoms with Crippen molar-refractivity contribution >= 4 is 0 Å². The number of aliphatic hydroxyl groups is 1. The molecule has 0 saturated carbocycles. The van der Waals surface area contributed by atoms with Crippen molar-refractivity contribution in [2.45, 2.75) is 39.0 Å². The molecular formula is C15H25NO3. The maximum atomic E-state index is 9.77. The molecule has 108 valence electrons.